The molecule has 0 bridgehead atoms. The average molecular weight is 1200 g/mol. The average Bonchev–Trinajstić information content (AvgIpc) is 1.96. The smallest absolute Gasteiger partial charge is 0.321 e. The second-order valence-corrected chi connectivity index (χ2v) is 45.2. The molecule has 4 aromatic carbocycles. The molecule has 3 aliphatic rings. The second-order valence-electron chi connectivity index (χ2n) is 29.1. The molecule has 1 atom stereocenters. The van der Waals surface area contributed by atoms with Gasteiger partial charge in [-0.15, -0.1) is 0 Å². The number of anilines is 1. The number of unbranched alkanes of at least 4 members (excludes halogenated alkanes) is 11. The van der Waals surface area contributed by atoms with Crippen molar-refractivity contribution < 1.29 is 26.4 Å². The molecule has 7 rings (SSSR count). The number of rotatable bonds is 31. The van der Waals surface area contributed by atoms with Gasteiger partial charge < -0.3 is 26.7 Å². The Balaban J connectivity index is 1.29. The van der Waals surface area contributed by atoms with E-state index in [0.717, 1.165) is 82.5 Å². The lowest BCUT2D eigenvalue weighted by atomic mass is 9.70. The van der Waals surface area contributed by atoms with Crippen LogP contribution in [0.5, 0.6) is 0 Å². The van der Waals surface area contributed by atoms with Gasteiger partial charge in [0.2, 0.25) is 5.69 Å². The lowest BCUT2D eigenvalue weighted by molar-refractivity contribution is -0.438. The number of benzene rings is 4. The molecular weight excluding hydrogens is 1090 g/mol. The number of allylic oxidation sites excluding steroid dienone is 7. The molecule has 11 heteroatoms. The van der Waals surface area contributed by atoms with Gasteiger partial charge in [-0.1, -0.05) is 166 Å². The highest BCUT2D eigenvalue weighted by atomic mass is 28.4. The maximum Gasteiger partial charge on any atom is 0.321 e. The molecule has 0 spiro atoms. The molecular formula is C72H113N2O5Si4+. The molecule has 456 valence electrons. The van der Waals surface area contributed by atoms with Gasteiger partial charge in [0.15, 0.2) is 22.3 Å². The summed E-state index contributed by atoms with van der Waals surface area (Å²) < 4.78 is 35.3. The Morgan fingerprint density at radius 3 is 1.71 bits per heavy atom. The Kier molecular flexibility index (Phi) is 22.9. The van der Waals surface area contributed by atoms with Crippen molar-refractivity contribution in [2.24, 2.45) is 11.3 Å². The van der Waals surface area contributed by atoms with Crippen LogP contribution < -0.4 is 4.90 Å². The van der Waals surface area contributed by atoms with Crippen LogP contribution >= 0.6 is 0 Å². The van der Waals surface area contributed by atoms with Crippen molar-refractivity contribution >= 4 is 72.4 Å². The summed E-state index contributed by atoms with van der Waals surface area (Å²) in [7, 11) is -4.46. The van der Waals surface area contributed by atoms with Gasteiger partial charge in [0.05, 0.1) is 12.0 Å². The third-order valence-corrected chi connectivity index (χ3v) is 32.2. The quantitative estimate of drug-likeness (QED) is 0.0284. The molecule has 0 fully saturated rings. The van der Waals surface area contributed by atoms with E-state index in [1.54, 1.807) is 0 Å². The number of hydrogen-bond donors (Lipinski definition) is 0. The minimum atomic E-state index is -2.13. The summed E-state index contributed by atoms with van der Waals surface area (Å²) in [6.07, 6.45) is 29.5. The summed E-state index contributed by atoms with van der Waals surface area (Å²) in [5, 5.41) is 5.31. The van der Waals surface area contributed by atoms with Crippen molar-refractivity contribution in [2.75, 3.05) is 38.8 Å². The number of hydrogen-bond acceptors (Lipinski definition) is 6. The molecule has 1 unspecified atom stereocenters. The zero-order chi connectivity index (χ0) is 60.4. The van der Waals surface area contributed by atoms with Crippen LogP contribution in [-0.4, -0.2) is 78.0 Å². The van der Waals surface area contributed by atoms with E-state index in [-0.39, 0.29) is 16.2 Å². The molecule has 4 aromatic rings. The van der Waals surface area contributed by atoms with E-state index in [1.165, 1.54) is 124 Å². The van der Waals surface area contributed by atoms with Crippen molar-refractivity contribution in [1.82, 2.24) is 0 Å². The zero-order valence-electron chi connectivity index (χ0n) is 55.6. The fourth-order valence-corrected chi connectivity index (χ4v) is 28.2. The van der Waals surface area contributed by atoms with E-state index in [9.17, 15) is 0 Å². The molecule has 2 heterocycles. The monoisotopic (exact) mass is 1200 g/mol. The molecule has 7 nitrogen and oxygen atoms in total. The van der Waals surface area contributed by atoms with E-state index < -0.39 is 33.8 Å². The summed E-state index contributed by atoms with van der Waals surface area (Å²) in [6, 6.07) is 29.7. The highest BCUT2D eigenvalue weighted by molar-refractivity contribution is 6.82. The van der Waals surface area contributed by atoms with Gasteiger partial charge in [0, 0.05) is 61.7 Å². The van der Waals surface area contributed by atoms with E-state index in [1.807, 2.05) is 14.2 Å². The Hall–Kier alpha value is -3.66. The van der Waals surface area contributed by atoms with E-state index >= 15 is 0 Å². The predicted octanol–water partition coefficient (Wildman–Crippen LogP) is 20.9. The van der Waals surface area contributed by atoms with Gasteiger partial charge in [0.1, 0.15) is 12.3 Å². The second kappa shape index (κ2) is 28.4. The minimum Gasteiger partial charge on any atom is -0.493 e. The molecule has 0 aromatic heterocycles. The summed E-state index contributed by atoms with van der Waals surface area (Å²) >= 11 is 0. The predicted molar refractivity (Wildman–Crippen MR) is 368 cm³/mol. The number of fused-ring (bicyclic) bond motifs is 6. The molecule has 0 amide bonds. The SMILES string of the molecule is CCCCCCCCCCCCOC1=C(C=CC2=[N+](CCCC[Si](C)(C)O[Si](C)(C)OC)c3ccc4ccccc4c3C2(C)C)CC(C(C)(C)C)CC1=CC=C1N(CCCC[Si](C)(C)O[Si](C)(C)OC)c2ccc3ccccc3c2C1(C)C. The van der Waals surface area contributed by atoms with Gasteiger partial charge in [-0.25, -0.2) is 0 Å². The lowest BCUT2D eigenvalue weighted by Crippen LogP contribution is -2.45. The highest BCUT2D eigenvalue weighted by Crippen LogP contribution is 2.52. The maximum absolute atomic E-state index is 7.34. The van der Waals surface area contributed by atoms with Gasteiger partial charge in [0.25, 0.3) is 0 Å². The largest absolute Gasteiger partial charge is 0.493 e. The Labute approximate surface area is 510 Å². The summed E-state index contributed by atoms with van der Waals surface area (Å²) in [4.78, 5) is 2.67. The van der Waals surface area contributed by atoms with Crippen LogP contribution in [0.3, 0.4) is 0 Å². The van der Waals surface area contributed by atoms with E-state index in [0.29, 0.717) is 5.92 Å². The molecule has 0 radical (unpaired) electrons. The zero-order valence-corrected chi connectivity index (χ0v) is 59.6. The van der Waals surface area contributed by atoms with E-state index in [2.05, 4.69) is 214 Å². The molecule has 83 heavy (non-hydrogen) atoms. The van der Waals surface area contributed by atoms with E-state index in [4.69, 9.17) is 21.8 Å². The summed E-state index contributed by atoms with van der Waals surface area (Å²) in [5.41, 5.74) is 10.6. The van der Waals surface area contributed by atoms with Crippen molar-refractivity contribution in [2.45, 2.75) is 233 Å². The molecule has 2 aliphatic heterocycles. The third kappa shape index (κ3) is 17.1. The molecule has 1 aliphatic carbocycles. The normalized spacial score (nSPS) is 18.7. The van der Waals surface area contributed by atoms with Gasteiger partial charge in [-0.05, 0) is 184 Å². The van der Waals surface area contributed by atoms with Crippen LogP contribution in [0.15, 0.2) is 120 Å². The molecule has 0 N–H and O–H groups in total. The van der Waals surface area contributed by atoms with Crippen LogP contribution in [0.25, 0.3) is 21.5 Å². The van der Waals surface area contributed by atoms with Gasteiger partial charge in [-0.2, -0.15) is 4.58 Å². The first-order valence-corrected chi connectivity index (χ1v) is 44.4. The Bertz CT molecular complexity index is 2990. The third-order valence-electron chi connectivity index (χ3n) is 18.7. The standard InChI is InChI=1S/C72H113N2O5Si4/c1-19-20-21-22-23-24-25-26-27-34-51-77-69-58(43-47-65-71(5,6)67-61-39-30-28-37-56(61)41-45-63(67)73(65)49-32-35-52-80(11,12)78-82(15,16)75-9)54-60(70(2,3)4)55-59(69)44-48-66-72(7,8)68-62-40-31-29-38-57(62)42-46-64(68)74(66)50-33-36-53-81(13,14)79-83(17,18)76-10/h28-31,37-48,60H,19-27,32-36,49-55H2,1-18H3/q+1. The fourth-order valence-electron chi connectivity index (χ4n) is 13.9. The van der Waals surface area contributed by atoms with Crippen molar-refractivity contribution in [3.8, 4) is 0 Å². The van der Waals surface area contributed by atoms with Crippen molar-refractivity contribution in [3.05, 3.63) is 131 Å². The summed E-state index contributed by atoms with van der Waals surface area (Å²) in [5.74, 6) is 1.54. The lowest BCUT2D eigenvalue weighted by Gasteiger charge is -2.37. The highest BCUT2D eigenvalue weighted by Gasteiger charge is 2.46. The Morgan fingerprint density at radius 2 is 1.13 bits per heavy atom. The van der Waals surface area contributed by atoms with Crippen LogP contribution in [-0.2, 0) is 32.6 Å². The first kappa shape index (κ1) is 66.9. The van der Waals surface area contributed by atoms with Crippen molar-refractivity contribution in [1.29, 1.82) is 0 Å². The summed E-state index contributed by atoms with van der Waals surface area (Å²) in [6.45, 7) is 40.4. The van der Waals surface area contributed by atoms with Gasteiger partial charge >= 0.3 is 17.1 Å². The molecule has 0 saturated carbocycles. The number of ether oxygens (including phenoxy) is 1. The van der Waals surface area contributed by atoms with Crippen LogP contribution in [0.2, 0.25) is 64.5 Å². The van der Waals surface area contributed by atoms with Crippen molar-refractivity contribution in [3.63, 3.8) is 0 Å². The topological polar surface area (TPSA) is 52.4 Å². The van der Waals surface area contributed by atoms with Crippen LogP contribution in [0, 0.1) is 11.3 Å². The number of nitrogens with zero attached hydrogens (tertiary/aromatic N) is 2. The van der Waals surface area contributed by atoms with Crippen LogP contribution in [0.4, 0.5) is 11.4 Å². The fraction of sp³-hybridized carbons (Fsp3) is 0.597. The molecule has 0 saturated heterocycles. The Morgan fingerprint density at radius 1 is 0.590 bits per heavy atom. The van der Waals surface area contributed by atoms with Crippen LogP contribution in [0.1, 0.15) is 169 Å². The minimum absolute atomic E-state index is 0.0890. The maximum atomic E-state index is 7.34. The first-order valence-electron chi connectivity index (χ1n) is 32.6. The first-order chi connectivity index (χ1) is 39.1. The van der Waals surface area contributed by atoms with Gasteiger partial charge in [-0.3, -0.25) is 0 Å².